The number of rotatable bonds is 2. The summed E-state index contributed by atoms with van der Waals surface area (Å²) >= 11 is 7.50. The van der Waals surface area contributed by atoms with Crippen molar-refractivity contribution in [1.29, 1.82) is 0 Å². The van der Waals surface area contributed by atoms with E-state index < -0.39 is 0 Å². The molecule has 90 valence electrons. The van der Waals surface area contributed by atoms with E-state index in [1.165, 1.54) is 42.3 Å². The molecule has 1 aliphatic rings. The van der Waals surface area contributed by atoms with Gasteiger partial charge in [0.05, 0.1) is 16.4 Å². The molecule has 1 heterocycles. The minimum Gasteiger partial charge on any atom is -0.268 e. The Morgan fingerprint density at radius 2 is 2.12 bits per heavy atom. The first-order valence-corrected chi connectivity index (χ1v) is 7.80. The molecule has 0 N–H and O–H groups in total. The Morgan fingerprint density at radius 1 is 1.38 bits per heavy atom. The third kappa shape index (κ3) is 2.53. The number of hydrogen-bond acceptors (Lipinski definition) is 1. The van der Waals surface area contributed by atoms with Gasteiger partial charge in [-0.05, 0) is 35.7 Å². The number of hydrogen-bond donors (Lipinski definition) is 0. The van der Waals surface area contributed by atoms with E-state index in [-0.39, 0.29) is 0 Å². The average molecular weight is 350 g/mol. The molecule has 16 heavy (non-hydrogen) atoms. The summed E-state index contributed by atoms with van der Waals surface area (Å²) in [6, 6.07) is 0. The van der Waals surface area contributed by atoms with Gasteiger partial charge in [0.15, 0.2) is 0 Å². The van der Waals surface area contributed by atoms with Crippen molar-refractivity contribution in [3.63, 3.8) is 0 Å². The number of nitrogens with zero attached hydrogens (tertiary/aromatic N) is 2. The van der Waals surface area contributed by atoms with E-state index >= 15 is 0 Å². The van der Waals surface area contributed by atoms with Gasteiger partial charge in [-0.3, -0.25) is 4.68 Å². The van der Waals surface area contributed by atoms with Gasteiger partial charge in [0.2, 0.25) is 0 Å². The zero-order valence-corrected chi connectivity index (χ0v) is 12.8. The summed E-state index contributed by atoms with van der Waals surface area (Å²) < 4.78 is 3.31. The Hall–Kier alpha value is 0.170. The van der Waals surface area contributed by atoms with Gasteiger partial charge in [-0.1, -0.05) is 35.2 Å². The Bertz CT molecular complexity index is 349. The highest BCUT2D eigenvalue weighted by molar-refractivity contribution is 9.10. The average Bonchev–Trinajstić information content (AvgIpc) is 2.51. The first-order chi connectivity index (χ1) is 7.74. The van der Waals surface area contributed by atoms with Gasteiger partial charge >= 0.3 is 0 Å². The zero-order valence-electron chi connectivity index (χ0n) is 9.63. The van der Waals surface area contributed by atoms with Gasteiger partial charge in [0.25, 0.3) is 0 Å². The van der Waals surface area contributed by atoms with Crippen molar-refractivity contribution < 1.29 is 0 Å². The van der Waals surface area contributed by atoms with Gasteiger partial charge in [-0.15, -0.1) is 0 Å². The minimum atomic E-state index is 0.605. The lowest BCUT2D eigenvalue weighted by Gasteiger charge is -2.21. The summed E-state index contributed by atoms with van der Waals surface area (Å²) in [5, 5.41) is 4.42. The lowest BCUT2D eigenvalue weighted by molar-refractivity contribution is 0.527. The minimum absolute atomic E-state index is 0.605. The second-order valence-electron chi connectivity index (χ2n) is 4.45. The third-order valence-electron chi connectivity index (χ3n) is 3.42. The number of aromatic nitrogens is 2. The predicted molar refractivity (Wildman–Crippen MR) is 74.1 cm³/mol. The maximum atomic E-state index is 4.42. The molecule has 0 saturated heterocycles. The van der Waals surface area contributed by atoms with Crippen molar-refractivity contribution in [2.45, 2.75) is 56.3 Å². The van der Waals surface area contributed by atoms with Crippen LogP contribution < -0.4 is 0 Å². The van der Waals surface area contributed by atoms with Crippen molar-refractivity contribution >= 4 is 31.9 Å². The van der Waals surface area contributed by atoms with Crippen molar-refractivity contribution in [2.75, 3.05) is 0 Å². The Balaban J connectivity index is 2.29. The molecule has 1 aromatic rings. The van der Waals surface area contributed by atoms with Crippen molar-refractivity contribution in [1.82, 2.24) is 9.78 Å². The highest BCUT2D eigenvalue weighted by Crippen LogP contribution is 2.39. The fourth-order valence-corrected chi connectivity index (χ4v) is 3.99. The molecular formula is C12H18Br2N2. The molecule has 1 aliphatic carbocycles. The van der Waals surface area contributed by atoms with Crippen LogP contribution in [0.5, 0.6) is 0 Å². The smallest absolute Gasteiger partial charge is 0.0635 e. The van der Waals surface area contributed by atoms with Gasteiger partial charge < -0.3 is 0 Å². The normalized spacial score (nSPS) is 26.7. The lowest BCUT2D eigenvalue weighted by Crippen LogP contribution is -2.16. The molecule has 2 rings (SSSR count). The molecular weight excluding hydrogens is 332 g/mol. The Morgan fingerprint density at radius 3 is 2.88 bits per heavy atom. The Labute approximate surface area is 114 Å². The van der Waals surface area contributed by atoms with Crippen molar-refractivity contribution in [2.24, 2.45) is 0 Å². The molecule has 1 saturated carbocycles. The van der Waals surface area contributed by atoms with Crippen LogP contribution >= 0.6 is 31.9 Å². The fourth-order valence-electron chi connectivity index (χ4n) is 2.56. The van der Waals surface area contributed by atoms with Crippen LogP contribution in [-0.4, -0.2) is 14.6 Å². The van der Waals surface area contributed by atoms with E-state index in [2.05, 4.69) is 48.6 Å². The largest absolute Gasteiger partial charge is 0.268 e. The third-order valence-corrected chi connectivity index (χ3v) is 5.12. The van der Waals surface area contributed by atoms with E-state index in [1.54, 1.807) is 0 Å². The van der Waals surface area contributed by atoms with Gasteiger partial charge in [0, 0.05) is 17.3 Å². The van der Waals surface area contributed by atoms with Gasteiger partial charge in [0.1, 0.15) is 0 Å². The molecule has 1 fully saturated rings. The molecule has 2 unspecified atom stereocenters. The van der Waals surface area contributed by atoms with E-state index in [0.29, 0.717) is 10.7 Å². The zero-order chi connectivity index (χ0) is 11.5. The lowest BCUT2D eigenvalue weighted by atomic mass is 9.96. The maximum absolute atomic E-state index is 4.42. The van der Waals surface area contributed by atoms with Gasteiger partial charge in [-0.25, -0.2) is 0 Å². The molecule has 0 bridgehead atoms. The summed E-state index contributed by atoms with van der Waals surface area (Å²) in [5.41, 5.74) is 1.38. The Kier molecular flexibility index (Phi) is 4.48. The van der Waals surface area contributed by atoms with E-state index in [1.807, 2.05) is 6.20 Å². The topological polar surface area (TPSA) is 17.8 Å². The second-order valence-corrected chi connectivity index (χ2v) is 6.48. The first kappa shape index (κ1) is 12.6. The number of alkyl halides is 1. The summed E-state index contributed by atoms with van der Waals surface area (Å²) in [7, 11) is 0. The second kappa shape index (κ2) is 5.67. The predicted octanol–water partition coefficient (Wildman–Crippen LogP) is 4.48. The molecule has 0 aliphatic heterocycles. The summed E-state index contributed by atoms with van der Waals surface area (Å²) in [6.07, 6.45) is 8.56. The molecule has 0 radical (unpaired) electrons. The van der Waals surface area contributed by atoms with Crippen LogP contribution in [-0.2, 0) is 6.54 Å². The highest BCUT2D eigenvalue weighted by Gasteiger charge is 2.27. The molecule has 4 heteroatoms. The molecule has 0 amide bonds. The van der Waals surface area contributed by atoms with Crippen LogP contribution in [0.3, 0.4) is 0 Å². The van der Waals surface area contributed by atoms with Crippen LogP contribution in [0.4, 0.5) is 0 Å². The van der Waals surface area contributed by atoms with E-state index in [0.717, 1.165) is 6.54 Å². The fraction of sp³-hybridized carbons (Fsp3) is 0.750. The van der Waals surface area contributed by atoms with Crippen LogP contribution in [0.1, 0.15) is 50.6 Å². The van der Waals surface area contributed by atoms with E-state index in [9.17, 15) is 0 Å². The monoisotopic (exact) mass is 348 g/mol. The quantitative estimate of drug-likeness (QED) is 0.568. The molecule has 0 aromatic carbocycles. The van der Waals surface area contributed by atoms with Crippen LogP contribution in [0.2, 0.25) is 0 Å². The SMILES string of the molecule is CCn1ncc(Br)c1C1CCCCCC1Br. The van der Waals surface area contributed by atoms with Crippen molar-refractivity contribution in [3.8, 4) is 0 Å². The molecule has 2 nitrogen and oxygen atoms in total. The highest BCUT2D eigenvalue weighted by atomic mass is 79.9. The molecule has 1 aromatic heterocycles. The van der Waals surface area contributed by atoms with Gasteiger partial charge in [-0.2, -0.15) is 5.10 Å². The molecule has 2 atom stereocenters. The summed E-state index contributed by atoms with van der Waals surface area (Å²) in [5.74, 6) is 0.610. The first-order valence-electron chi connectivity index (χ1n) is 6.09. The van der Waals surface area contributed by atoms with Crippen LogP contribution in [0, 0.1) is 0 Å². The van der Waals surface area contributed by atoms with E-state index in [4.69, 9.17) is 0 Å². The maximum Gasteiger partial charge on any atom is 0.0635 e. The summed E-state index contributed by atoms with van der Waals surface area (Å²) in [4.78, 5) is 0.605. The number of halogens is 2. The van der Waals surface area contributed by atoms with Crippen molar-refractivity contribution in [3.05, 3.63) is 16.4 Å². The number of aryl methyl sites for hydroxylation is 1. The standard InChI is InChI=1S/C12H18Br2N2/c1-2-16-12(11(14)8-15-16)9-6-4-3-5-7-10(9)13/h8-10H,2-7H2,1H3. The van der Waals surface area contributed by atoms with Crippen LogP contribution in [0.15, 0.2) is 10.7 Å². The molecule has 0 spiro atoms. The van der Waals surface area contributed by atoms with Crippen LogP contribution in [0.25, 0.3) is 0 Å². The summed E-state index contributed by atoms with van der Waals surface area (Å²) in [6.45, 7) is 3.11.